The number of nitrogens with zero attached hydrogens (tertiary/aromatic N) is 1. The topological polar surface area (TPSA) is 46.3 Å². The molecule has 0 aromatic heterocycles. The molecule has 0 saturated carbocycles. The lowest BCUT2D eigenvalue weighted by Gasteiger charge is -2.32. The van der Waals surface area contributed by atoms with E-state index in [0.29, 0.717) is 12.3 Å². The standard InChI is InChI=1S/C16H23FN2O/c17-15-7-5-13(6-8-15)3-4-14-2-1-10-19(12-14)11-9-16(18)20/h5-8,14H,1-4,9-12H2,(H2,18,20)/t14-/m1/s1. The van der Waals surface area contributed by atoms with Gasteiger partial charge in [-0.1, -0.05) is 12.1 Å². The van der Waals surface area contributed by atoms with Gasteiger partial charge in [-0.05, 0) is 55.8 Å². The first-order valence-corrected chi connectivity index (χ1v) is 7.38. The van der Waals surface area contributed by atoms with Crippen LogP contribution in [0.4, 0.5) is 4.39 Å². The van der Waals surface area contributed by atoms with E-state index in [1.165, 1.54) is 30.5 Å². The smallest absolute Gasteiger partial charge is 0.218 e. The van der Waals surface area contributed by atoms with Gasteiger partial charge in [0.25, 0.3) is 0 Å². The molecule has 4 heteroatoms. The molecule has 1 aromatic rings. The number of nitrogens with two attached hydrogens (primary N) is 1. The number of carbonyl (C=O) groups is 1. The number of hydrogen-bond donors (Lipinski definition) is 1. The SMILES string of the molecule is NC(=O)CCN1CCC[C@H](CCc2ccc(F)cc2)C1. The zero-order chi connectivity index (χ0) is 14.4. The second-order valence-corrected chi connectivity index (χ2v) is 5.69. The lowest BCUT2D eigenvalue weighted by Crippen LogP contribution is -2.37. The zero-order valence-electron chi connectivity index (χ0n) is 11.9. The average molecular weight is 278 g/mol. The van der Waals surface area contributed by atoms with Gasteiger partial charge in [0.2, 0.25) is 5.91 Å². The number of benzene rings is 1. The predicted octanol–water partition coefficient (Wildman–Crippen LogP) is 2.35. The Bertz CT molecular complexity index is 433. The van der Waals surface area contributed by atoms with Gasteiger partial charge >= 0.3 is 0 Å². The monoisotopic (exact) mass is 278 g/mol. The van der Waals surface area contributed by atoms with Crippen LogP contribution in [0.5, 0.6) is 0 Å². The third-order valence-electron chi connectivity index (χ3n) is 4.03. The predicted molar refractivity (Wildman–Crippen MR) is 77.7 cm³/mol. The first kappa shape index (κ1) is 15.0. The lowest BCUT2D eigenvalue weighted by molar-refractivity contribution is -0.118. The van der Waals surface area contributed by atoms with E-state index in [1.807, 2.05) is 12.1 Å². The summed E-state index contributed by atoms with van der Waals surface area (Å²) < 4.78 is 12.8. The minimum atomic E-state index is -0.224. The van der Waals surface area contributed by atoms with Gasteiger partial charge in [-0.2, -0.15) is 0 Å². The van der Waals surface area contributed by atoms with Crippen molar-refractivity contribution >= 4 is 5.91 Å². The molecule has 110 valence electrons. The van der Waals surface area contributed by atoms with Crippen LogP contribution in [0.15, 0.2) is 24.3 Å². The summed E-state index contributed by atoms with van der Waals surface area (Å²) in [5.41, 5.74) is 6.39. The van der Waals surface area contributed by atoms with Crippen LogP contribution in [-0.4, -0.2) is 30.4 Å². The molecule has 2 N–H and O–H groups in total. The number of carbonyl (C=O) groups excluding carboxylic acids is 1. The summed E-state index contributed by atoms with van der Waals surface area (Å²) in [5, 5.41) is 0. The first-order valence-electron chi connectivity index (χ1n) is 7.38. The maximum atomic E-state index is 12.8. The molecule has 1 atom stereocenters. The van der Waals surface area contributed by atoms with E-state index in [1.54, 1.807) is 0 Å². The van der Waals surface area contributed by atoms with E-state index < -0.39 is 0 Å². The number of rotatable bonds is 6. The van der Waals surface area contributed by atoms with Crippen molar-refractivity contribution in [3.63, 3.8) is 0 Å². The highest BCUT2D eigenvalue weighted by molar-refractivity contribution is 5.73. The Hall–Kier alpha value is -1.42. The minimum Gasteiger partial charge on any atom is -0.370 e. The molecule has 0 spiro atoms. The van der Waals surface area contributed by atoms with Crippen molar-refractivity contribution in [2.24, 2.45) is 11.7 Å². The Balaban J connectivity index is 1.75. The molecule has 3 nitrogen and oxygen atoms in total. The van der Waals surface area contributed by atoms with Crippen LogP contribution in [0.2, 0.25) is 0 Å². The summed E-state index contributed by atoms with van der Waals surface area (Å²) >= 11 is 0. The largest absolute Gasteiger partial charge is 0.370 e. The third kappa shape index (κ3) is 4.93. The number of piperidine rings is 1. The Morgan fingerprint density at radius 3 is 2.80 bits per heavy atom. The second kappa shape index (κ2) is 7.39. The van der Waals surface area contributed by atoms with E-state index in [9.17, 15) is 9.18 Å². The quantitative estimate of drug-likeness (QED) is 0.868. The van der Waals surface area contributed by atoms with Crippen molar-refractivity contribution < 1.29 is 9.18 Å². The third-order valence-corrected chi connectivity index (χ3v) is 4.03. The van der Waals surface area contributed by atoms with E-state index in [2.05, 4.69) is 4.90 Å². The van der Waals surface area contributed by atoms with Gasteiger partial charge in [-0.25, -0.2) is 4.39 Å². The number of aryl methyl sites for hydroxylation is 1. The Kier molecular flexibility index (Phi) is 5.53. The number of halogens is 1. The Labute approximate surface area is 120 Å². The fourth-order valence-corrected chi connectivity index (χ4v) is 2.88. The van der Waals surface area contributed by atoms with Gasteiger partial charge in [0, 0.05) is 19.5 Å². The molecule has 2 rings (SSSR count). The molecule has 1 amide bonds. The summed E-state index contributed by atoms with van der Waals surface area (Å²) in [6.07, 6.45) is 5.00. The summed E-state index contributed by atoms with van der Waals surface area (Å²) in [5.74, 6) is 0.268. The van der Waals surface area contributed by atoms with Crippen molar-refractivity contribution in [1.29, 1.82) is 0 Å². The molecule has 1 aromatic carbocycles. The van der Waals surface area contributed by atoms with Crippen LogP contribution in [0, 0.1) is 11.7 Å². The molecule has 0 bridgehead atoms. The second-order valence-electron chi connectivity index (χ2n) is 5.69. The number of hydrogen-bond acceptors (Lipinski definition) is 2. The minimum absolute atomic E-state index is 0.177. The van der Waals surface area contributed by atoms with Gasteiger partial charge in [-0.15, -0.1) is 0 Å². The first-order chi connectivity index (χ1) is 9.63. The molecule has 0 aliphatic carbocycles. The highest BCUT2D eigenvalue weighted by Crippen LogP contribution is 2.21. The number of amides is 1. The highest BCUT2D eigenvalue weighted by Gasteiger charge is 2.19. The summed E-state index contributed by atoms with van der Waals surface area (Å²) in [4.78, 5) is 13.2. The molecular weight excluding hydrogens is 255 g/mol. The van der Waals surface area contributed by atoms with Crippen molar-refractivity contribution in [2.75, 3.05) is 19.6 Å². The van der Waals surface area contributed by atoms with Crippen LogP contribution in [-0.2, 0) is 11.2 Å². The summed E-state index contributed by atoms with van der Waals surface area (Å²) in [6, 6.07) is 6.77. The summed E-state index contributed by atoms with van der Waals surface area (Å²) in [6.45, 7) is 2.90. The van der Waals surface area contributed by atoms with Crippen molar-refractivity contribution in [3.8, 4) is 0 Å². The van der Waals surface area contributed by atoms with Crippen molar-refractivity contribution in [2.45, 2.75) is 32.1 Å². The molecule has 1 saturated heterocycles. The van der Waals surface area contributed by atoms with Crippen LogP contribution in [0.1, 0.15) is 31.2 Å². The van der Waals surface area contributed by atoms with Crippen LogP contribution < -0.4 is 5.73 Å². The van der Waals surface area contributed by atoms with Gasteiger partial charge in [0.1, 0.15) is 5.82 Å². The van der Waals surface area contributed by atoms with Gasteiger partial charge in [0.05, 0.1) is 0 Å². The molecule has 1 aliphatic rings. The van der Waals surface area contributed by atoms with Gasteiger partial charge in [0.15, 0.2) is 0 Å². The molecule has 20 heavy (non-hydrogen) atoms. The molecule has 1 heterocycles. The summed E-state index contributed by atoms with van der Waals surface area (Å²) in [7, 11) is 0. The maximum Gasteiger partial charge on any atom is 0.218 e. The Morgan fingerprint density at radius 2 is 2.10 bits per heavy atom. The maximum absolute atomic E-state index is 12.8. The van der Waals surface area contributed by atoms with Crippen molar-refractivity contribution in [3.05, 3.63) is 35.6 Å². The Morgan fingerprint density at radius 1 is 1.35 bits per heavy atom. The fourth-order valence-electron chi connectivity index (χ4n) is 2.88. The zero-order valence-corrected chi connectivity index (χ0v) is 11.9. The lowest BCUT2D eigenvalue weighted by atomic mass is 9.91. The number of likely N-dealkylation sites (tertiary alicyclic amines) is 1. The van der Waals surface area contributed by atoms with E-state index in [4.69, 9.17) is 5.73 Å². The fraction of sp³-hybridized carbons (Fsp3) is 0.562. The van der Waals surface area contributed by atoms with Gasteiger partial charge < -0.3 is 10.6 Å². The molecular formula is C16H23FN2O. The normalized spacial score (nSPS) is 19.9. The van der Waals surface area contributed by atoms with Crippen LogP contribution in [0.3, 0.4) is 0 Å². The molecule has 1 aliphatic heterocycles. The van der Waals surface area contributed by atoms with E-state index in [-0.39, 0.29) is 11.7 Å². The average Bonchev–Trinajstić information content (AvgIpc) is 2.45. The molecule has 1 fully saturated rings. The van der Waals surface area contributed by atoms with Gasteiger partial charge in [-0.3, -0.25) is 4.79 Å². The van der Waals surface area contributed by atoms with E-state index in [0.717, 1.165) is 32.5 Å². The van der Waals surface area contributed by atoms with Crippen LogP contribution in [0.25, 0.3) is 0 Å². The van der Waals surface area contributed by atoms with E-state index >= 15 is 0 Å². The molecule has 0 unspecified atom stereocenters. The molecule has 0 radical (unpaired) electrons. The number of primary amides is 1. The highest BCUT2D eigenvalue weighted by atomic mass is 19.1. The van der Waals surface area contributed by atoms with Crippen LogP contribution >= 0.6 is 0 Å². The van der Waals surface area contributed by atoms with Crippen molar-refractivity contribution in [1.82, 2.24) is 4.90 Å².